The molecule has 4 heteroatoms. The number of methoxy groups -OCH3 is 2. The van der Waals surface area contributed by atoms with Crippen LogP contribution in [0, 0.1) is 0 Å². The predicted molar refractivity (Wildman–Crippen MR) is 62.5 cm³/mol. The van der Waals surface area contributed by atoms with Crippen LogP contribution in [0.3, 0.4) is 0 Å². The van der Waals surface area contributed by atoms with E-state index in [1.165, 1.54) is 0 Å². The fourth-order valence-corrected chi connectivity index (χ4v) is 2.26. The van der Waals surface area contributed by atoms with Gasteiger partial charge in [0, 0.05) is 18.1 Å². The topological polar surface area (TPSA) is 47.9 Å². The third-order valence-electron chi connectivity index (χ3n) is 3.02. The molecule has 0 amide bonds. The molecule has 0 aromatic heterocycles. The Balaban J connectivity index is 2.41. The summed E-state index contributed by atoms with van der Waals surface area (Å²) in [4.78, 5) is 0. The van der Waals surface area contributed by atoms with Crippen LogP contribution in [0.4, 0.5) is 0 Å². The van der Waals surface area contributed by atoms with Crippen LogP contribution in [0.25, 0.3) is 10.8 Å². The Bertz CT molecular complexity index is 591. The molecule has 3 rings (SSSR count). The van der Waals surface area contributed by atoms with E-state index in [9.17, 15) is 5.11 Å². The van der Waals surface area contributed by atoms with Gasteiger partial charge in [0.15, 0.2) is 0 Å². The van der Waals surface area contributed by atoms with Gasteiger partial charge in [-0.15, -0.1) is 0 Å². The quantitative estimate of drug-likeness (QED) is 0.864. The second-order valence-corrected chi connectivity index (χ2v) is 3.88. The molecule has 2 aromatic carbocycles. The Morgan fingerprint density at radius 3 is 2.65 bits per heavy atom. The summed E-state index contributed by atoms with van der Waals surface area (Å²) in [5, 5.41) is 11.5. The van der Waals surface area contributed by atoms with Gasteiger partial charge < -0.3 is 19.3 Å². The largest absolute Gasteiger partial charge is 0.507 e. The van der Waals surface area contributed by atoms with Crippen molar-refractivity contribution in [2.45, 2.75) is 6.29 Å². The summed E-state index contributed by atoms with van der Waals surface area (Å²) >= 11 is 0. The highest BCUT2D eigenvalue weighted by molar-refractivity contribution is 6.01. The lowest BCUT2D eigenvalue weighted by Crippen LogP contribution is -2.03. The van der Waals surface area contributed by atoms with Crippen molar-refractivity contribution in [3.63, 3.8) is 0 Å². The van der Waals surface area contributed by atoms with E-state index < -0.39 is 6.29 Å². The van der Waals surface area contributed by atoms with Crippen LogP contribution in [-0.4, -0.2) is 19.3 Å². The fraction of sp³-hybridized carbons (Fsp3) is 0.231. The van der Waals surface area contributed by atoms with E-state index in [2.05, 4.69) is 0 Å². The van der Waals surface area contributed by atoms with Crippen molar-refractivity contribution < 1.29 is 19.3 Å². The summed E-state index contributed by atoms with van der Waals surface area (Å²) in [6.07, 6.45) is -0.416. The zero-order chi connectivity index (χ0) is 12.0. The van der Waals surface area contributed by atoms with Crippen LogP contribution in [0.2, 0.25) is 0 Å². The second kappa shape index (κ2) is 3.53. The van der Waals surface area contributed by atoms with Crippen molar-refractivity contribution in [3.8, 4) is 17.2 Å². The Labute approximate surface area is 98.3 Å². The number of hydrogen-bond acceptors (Lipinski definition) is 4. The number of rotatable bonds is 2. The van der Waals surface area contributed by atoms with Crippen molar-refractivity contribution >= 4 is 10.8 Å². The zero-order valence-electron chi connectivity index (χ0n) is 9.56. The summed E-state index contributed by atoms with van der Waals surface area (Å²) in [6, 6.07) is 7.04. The van der Waals surface area contributed by atoms with Crippen LogP contribution in [0.1, 0.15) is 11.9 Å². The van der Waals surface area contributed by atoms with Crippen LogP contribution in [0.15, 0.2) is 24.3 Å². The molecule has 0 aliphatic carbocycles. The maximum atomic E-state index is 9.94. The van der Waals surface area contributed by atoms with Crippen LogP contribution in [-0.2, 0) is 4.74 Å². The molecule has 88 valence electrons. The Morgan fingerprint density at radius 2 is 1.94 bits per heavy atom. The first-order valence-electron chi connectivity index (χ1n) is 5.28. The summed E-state index contributed by atoms with van der Waals surface area (Å²) in [5.41, 5.74) is 0.911. The highest BCUT2D eigenvalue weighted by Crippen LogP contribution is 2.47. The van der Waals surface area contributed by atoms with Gasteiger partial charge in [-0.05, 0) is 24.3 Å². The van der Waals surface area contributed by atoms with E-state index >= 15 is 0 Å². The van der Waals surface area contributed by atoms with Crippen LogP contribution in [0.5, 0.6) is 17.2 Å². The van der Waals surface area contributed by atoms with E-state index in [-0.39, 0.29) is 5.75 Å². The van der Waals surface area contributed by atoms with Gasteiger partial charge in [0.25, 0.3) is 0 Å². The Morgan fingerprint density at radius 1 is 1.12 bits per heavy atom. The molecule has 1 atom stereocenters. The first-order chi connectivity index (χ1) is 8.26. The normalized spacial score (nSPS) is 17.2. The van der Waals surface area contributed by atoms with Gasteiger partial charge in [-0.1, -0.05) is 0 Å². The van der Waals surface area contributed by atoms with Crippen molar-refractivity contribution in [3.05, 3.63) is 29.8 Å². The third-order valence-corrected chi connectivity index (χ3v) is 3.02. The zero-order valence-corrected chi connectivity index (χ0v) is 9.56. The number of ether oxygens (including phenoxy) is 3. The van der Waals surface area contributed by atoms with Gasteiger partial charge in [-0.3, -0.25) is 0 Å². The minimum Gasteiger partial charge on any atom is -0.507 e. The molecule has 0 radical (unpaired) electrons. The molecule has 0 saturated carbocycles. The third kappa shape index (κ3) is 1.27. The van der Waals surface area contributed by atoms with Crippen molar-refractivity contribution in [1.82, 2.24) is 0 Å². The maximum absolute atomic E-state index is 9.94. The van der Waals surface area contributed by atoms with E-state index in [0.29, 0.717) is 16.9 Å². The van der Waals surface area contributed by atoms with Gasteiger partial charge >= 0.3 is 0 Å². The molecule has 4 nitrogen and oxygen atoms in total. The van der Waals surface area contributed by atoms with Gasteiger partial charge in [0.05, 0.1) is 12.5 Å². The molecule has 0 spiro atoms. The van der Waals surface area contributed by atoms with Crippen molar-refractivity contribution in [2.24, 2.45) is 0 Å². The van der Waals surface area contributed by atoms with Gasteiger partial charge in [0.2, 0.25) is 6.29 Å². The summed E-state index contributed by atoms with van der Waals surface area (Å²) in [6.45, 7) is 0. The Kier molecular flexibility index (Phi) is 2.12. The van der Waals surface area contributed by atoms with Crippen molar-refractivity contribution in [1.29, 1.82) is 0 Å². The molecule has 17 heavy (non-hydrogen) atoms. The van der Waals surface area contributed by atoms with Crippen LogP contribution >= 0.6 is 0 Å². The van der Waals surface area contributed by atoms with Crippen LogP contribution < -0.4 is 9.47 Å². The minimum atomic E-state index is -0.416. The number of phenolic OH excluding ortho intramolecular Hbond substituents is 1. The Hall–Kier alpha value is -1.94. The molecule has 0 bridgehead atoms. The molecular formula is C13H12O4. The molecular weight excluding hydrogens is 220 g/mol. The maximum Gasteiger partial charge on any atom is 0.227 e. The molecule has 1 N–H and O–H groups in total. The molecule has 0 unspecified atom stereocenters. The lowest BCUT2D eigenvalue weighted by Gasteiger charge is -2.09. The smallest absolute Gasteiger partial charge is 0.227 e. The standard InChI is InChI=1S/C13H12O4/c1-15-9-5-3-7-11-10(17-13(7)16-2)6-4-8(14)12(9)11/h3-6,13-14H,1-2H3/t13-/m1/s1. The molecule has 1 aliphatic rings. The lowest BCUT2D eigenvalue weighted by molar-refractivity contribution is -0.0471. The van der Waals surface area contributed by atoms with Crippen molar-refractivity contribution in [2.75, 3.05) is 14.2 Å². The first kappa shape index (κ1) is 10.2. The van der Waals surface area contributed by atoms with E-state index in [0.717, 1.165) is 10.9 Å². The second-order valence-electron chi connectivity index (χ2n) is 3.88. The SMILES string of the molecule is COc1ccc2c3c(ccc(O)c13)O[C@H]2OC. The fourth-order valence-electron chi connectivity index (χ4n) is 2.26. The molecule has 1 heterocycles. The highest BCUT2D eigenvalue weighted by Gasteiger charge is 2.28. The number of benzene rings is 2. The molecule has 0 fully saturated rings. The van der Waals surface area contributed by atoms with Gasteiger partial charge in [0.1, 0.15) is 17.2 Å². The van der Waals surface area contributed by atoms with E-state index in [1.807, 2.05) is 12.1 Å². The lowest BCUT2D eigenvalue weighted by atomic mass is 10.0. The molecule has 1 aliphatic heterocycles. The van der Waals surface area contributed by atoms with Gasteiger partial charge in [-0.2, -0.15) is 0 Å². The minimum absolute atomic E-state index is 0.183. The number of hydrogen-bond donors (Lipinski definition) is 1. The summed E-state index contributed by atoms with van der Waals surface area (Å²) in [5.74, 6) is 1.52. The average Bonchev–Trinajstić information content (AvgIpc) is 2.73. The van der Waals surface area contributed by atoms with E-state index in [1.54, 1.807) is 26.4 Å². The number of phenols is 1. The summed E-state index contributed by atoms with van der Waals surface area (Å²) < 4.78 is 16.1. The van der Waals surface area contributed by atoms with E-state index in [4.69, 9.17) is 14.2 Å². The molecule has 2 aromatic rings. The molecule has 0 saturated heterocycles. The summed E-state index contributed by atoms with van der Waals surface area (Å²) in [7, 11) is 3.17. The number of aromatic hydroxyl groups is 1. The van der Waals surface area contributed by atoms with Gasteiger partial charge in [-0.25, -0.2) is 0 Å². The predicted octanol–water partition coefficient (Wildman–Crippen LogP) is 2.59. The average molecular weight is 232 g/mol. The monoisotopic (exact) mass is 232 g/mol. The highest BCUT2D eigenvalue weighted by atomic mass is 16.7. The first-order valence-corrected chi connectivity index (χ1v) is 5.28.